The largest absolute Gasteiger partial charge is 0.455 e. The number of hydrogen-bond donors (Lipinski definition) is 0. The summed E-state index contributed by atoms with van der Waals surface area (Å²) in [6, 6.07) is 87.1. The molecule has 0 radical (unpaired) electrons. The molecule has 22 rings (SSSR count). The maximum absolute atomic E-state index is 6.16. The van der Waals surface area contributed by atoms with E-state index in [0.29, 0.717) is 5.71 Å². The molecule has 0 spiro atoms. The quantitative estimate of drug-likeness (QED) is 0.149. The van der Waals surface area contributed by atoms with Crippen LogP contribution in [0.3, 0.4) is 0 Å². The molecule has 0 aliphatic heterocycles. The van der Waals surface area contributed by atoms with Crippen LogP contribution in [0.1, 0.15) is 252 Å². The van der Waals surface area contributed by atoms with E-state index in [2.05, 4.69) is 344 Å². The summed E-state index contributed by atoms with van der Waals surface area (Å²) in [7, 11) is 12.3. The average molecular weight is 2030 g/mol. The van der Waals surface area contributed by atoms with Gasteiger partial charge in [-0.25, -0.2) is 32.4 Å². The van der Waals surface area contributed by atoms with Gasteiger partial charge in [0, 0.05) is 158 Å². The number of benzene rings is 7. The summed E-state index contributed by atoms with van der Waals surface area (Å²) in [4.78, 5) is 17.2. The van der Waals surface area contributed by atoms with Crippen LogP contribution in [-0.2, 0) is 42.3 Å². The van der Waals surface area contributed by atoms with Gasteiger partial charge in [0.15, 0.2) is 59.5 Å². The van der Waals surface area contributed by atoms with Gasteiger partial charge in [0.1, 0.15) is 75.7 Å². The molecule has 0 fully saturated rings. The summed E-state index contributed by atoms with van der Waals surface area (Å²) < 4.78 is 43.3. The van der Waals surface area contributed by atoms with E-state index in [-0.39, 0.29) is 52.0 Å². The van der Waals surface area contributed by atoms with Crippen molar-refractivity contribution < 1.29 is 49.5 Å². The number of fused-ring (bicyclic) bond motifs is 15. The molecule has 7 aromatic carbocycles. The average Bonchev–Trinajstić information content (AvgIpc) is 1.63. The predicted molar refractivity (Wildman–Crippen MR) is 658 cm³/mol. The van der Waals surface area contributed by atoms with Gasteiger partial charge in [-0.15, -0.1) is 0 Å². The molecule has 15 heterocycles. The van der Waals surface area contributed by atoms with Gasteiger partial charge in [-0.3, -0.25) is 15.0 Å². The van der Waals surface area contributed by atoms with Crippen LogP contribution in [0.25, 0.3) is 177 Å². The van der Waals surface area contributed by atoms with Gasteiger partial charge < -0.3 is 22.1 Å². The molecule has 0 atom stereocenters. The Labute approximate surface area is 905 Å². The Hall–Kier alpha value is -15.0. The van der Waals surface area contributed by atoms with Crippen LogP contribution in [0, 0.1) is 41.5 Å². The molecule has 15 nitrogen and oxygen atoms in total. The highest BCUT2D eigenvalue weighted by Gasteiger charge is 2.27. The number of hydrogen-bond acceptors (Lipinski definition) is 9. The van der Waals surface area contributed by atoms with E-state index in [1.807, 2.05) is 251 Å². The van der Waals surface area contributed by atoms with Crippen LogP contribution in [0.5, 0.6) is 0 Å². The Bertz CT molecular complexity index is 6600. The second-order valence-electron chi connectivity index (χ2n) is 30.1. The van der Waals surface area contributed by atoms with Gasteiger partial charge in [0.2, 0.25) is 39.9 Å². The summed E-state index contributed by atoms with van der Waals surface area (Å²) in [6.07, 6.45) is 23.1. The molecular formula is C135H190N10O5+6. The number of aromatic nitrogens is 10. The third kappa shape index (κ3) is 32.8. The highest BCUT2D eigenvalue weighted by atomic mass is 16.3. The van der Waals surface area contributed by atoms with E-state index in [1.165, 1.54) is 66.7 Å². The Balaban J connectivity index is -0.00000165. The minimum absolute atomic E-state index is 0. The Morgan fingerprint density at radius 2 is 0.453 bits per heavy atom. The lowest BCUT2D eigenvalue weighted by molar-refractivity contribution is -0.660. The van der Waals surface area contributed by atoms with Gasteiger partial charge in [-0.2, -0.15) is 0 Å². The number of nitrogens with zero attached hydrogens (tertiary/aromatic N) is 10. The van der Waals surface area contributed by atoms with Crippen LogP contribution >= 0.6 is 0 Å². The zero-order chi connectivity index (χ0) is 106. The van der Waals surface area contributed by atoms with Crippen LogP contribution in [0.4, 0.5) is 0 Å². The number of rotatable bonds is 6. The minimum atomic E-state index is 0. The summed E-state index contributed by atoms with van der Waals surface area (Å²) >= 11 is 0. The summed E-state index contributed by atoms with van der Waals surface area (Å²) in [6.45, 7) is 60.7. The van der Waals surface area contributed by atoms with Crippen LogP contribution in [0.15, 0.2) is 351 Å². The fourth-order valence-corrected chi connectivity index (χ4v) is 16.2. The number of furan rings is 5. The van der Waals surface area contributed by atoms with Crippen molar-refractivity contribution in [2.24, 2.45) is 42.3 Å². The Morgan fingerprint density at radius 3 is 0.840 bits per heavy atom. The molecule has 0 bridgehead atoms. The van der Waals surface area contributed by atoms with Crippen molar-refractivity contribution in [1.29, 1.82) is 0 Å². The molecule has 0 aliphatic rings. The third-order valence-corrected chi connectivity index (χ3v) is 22.3. The molecule has 22 aromatic rings. The first-order valence-electron chi connectivity index (χ1n) is 51.8. The lowest BCUT2D eigenvalue weighted by Crippen LogP contribution is -2.30. The predicted octanol–water partition coefficient (Wildman–Crippen LogP) is 38.8. The maximum atomic E-state index is 6.16. The van der Waals surface area contributed by atoms with Gasteiger partial charge in [-0.05, 0) is 166 Å². The van der Waals surface area contributed by atoms with Crippen molar-refractivity contribution >= 4 is 110 Å². The SMILES string of the molecule is C.C.C.C.C.C.C.CC.CC.CC.CC.CC.CC.CC.CC.CC.CC.CC.CC.Cc1ccc2c(oc3ccccc32)c1-c1cccc[n+]1C.Cc1ccc2c(oc3cccnc32)c1-c1cccc[n+]1C.Cc1ccc2c(oc3ccncc32)c1-c1cccc[n+]1C.Cc1ccc2c(oc3cnccc32)c1-c1cccc[n+]1C.Cc1ccc2c(oc3ncccc32)c1-c1cccc[n+]1C.Cc1ccccc1-c1cccc[n+]1C. The summed E-state index contributed by atoms with van der Waals surface area (Å²) in [5.74, 6) is 0. The van der Waals surface area contributed by atoms with Gasteiger partial charge in [0.05, 0.1) is 34.0 Å². The smallest absolute Gasteiger partial charge is 0.227 e. The minimum Gasteiger partial charge on any atom is -0.455 e. The highest BCUT2D eigenvalue weighted by molar-refractivity contribution is 6.13. The van der Waals surface area contributed by atoms with Gasteiger partial charge in [0.25, 0.3) is 0 Å². The summed E-state index contributed by atoms with van der Waals surface area (Å²) in [5.41, 5.74) is 31.1. The second kappa shape index (κ2) is 73.2. The van der Waals surface area contributed by atoms with Crippen LogP contribution in [0.2, 0.25) is 0 Å². The Morgan fingerprint density at radius 1 is 0.187 bits per heavy atom. The van der Waals surface area contributed by atoms with Crippen molar-refractivity contribution in [1.82, 2.24) is 19.9 Å². The van der Waals surface area contributed by atoms with E-state index >= 15 is 0 Å². The van der Waals surface area contributed by atoms with Gasteiger partial charge >= 0.3 is 0 Å². The molecule has 15 heteroatoms. The topological polar surface area (TPSA) is 141 Å². The van der Waals surface area contributed by atoms with Crippen molar-refractivity contribution in [3.63, 3.8) is 0 Å². The molecule has 0 amide bonds. The van der Waals surface area contributed by atoms with E-state index in [1.54, 1.807) is 31.0 Å². The Kier molecular flexibility index (Phi) is 67.9. The molecule has 0 saturated heterocycles. The fraction of sp³-hybridized carbons (Fsp3) is 0.319. The van der Waals surface area contributed by atoms with Crippen LogP contribution in [-0.4, -0.2) is 19.9 Å². The fourth-order valence-electron chi connectivity index (χ4n) is 16.2. The van der Waals surface area contributed by atoms with E-state index in [4.69, 9.17) is 22.1 Å². The van der Waals surface area contributed by atoms with Crippen molar-refractivity contribution in [2.45, 2.75) is 260 Å². The molecule has 0 unspecified atom stereocenters. The standard InChI is InChI=1S/C19H16NO.4C18H15N2O.C13H14N.12C2H6.7CH4/c1-13-10-11-15-14-7-3-4-9-17(14)21-19(15)18(13)16-8-5-6-12-20(16)2;1-12-8-9-13-14-6-5-10-19-18(14)21-17(13)16(12)15-7-3-4-11-20(15)2;1-12-8-9-13-17-15(7-5-10-19-17)21-18(13)16(12)14-6-3-4-11-20(14)2;1-12-6-7-14-13-8-9-19-11-16(13)21-18(14)17(12)15-5-3-4-10-20(15)2;1-12-6-7-13-14-11-19-9-8-16(14)21-18(13)17(12)15-5-3-4-10-20(15)2;1-11-7-3-4-8-12(11)13-9-5-6-10-14(13)2;12*1-2;;;;;;;/h3-12H,1-2H3;4*3-11H,1-2H3;3-10H,1-2H3;12*1-2H3;7*1H4/q6*+1;;;;;;;;;;;;;;;;;;;. The molecule has 150 heavy (non-hydrogen) atoms. The van der Waals surface area contributed by atoms with E-state index in [9.17, 15) is 0 Å². The zero-order valence-corrected chi connectivity index (χ0v) is 92.7. The normalized spacial score (nSPS) is 9.36. The first-order valence-corrected chi connectivity index (χ1v) is 51.8. The van der Waals surface area contributed by atoms with E-state index in [0.717, 1.165) is 138 Å². The van der Waals surface area contributed by atoms with E-state index < -0.39 is 0 Å². The van der Waals surface area contributed by atoms with Crippen LogP contribution < -0.4 is 27.4 Å². The molecule has 0 N–H and O–H groups in total. The zero-order valence-electron chi connectivity index (χ0n) is 92.7. The third-order valence-electron chi connectivity index (χ3n) is 22.3. The lowest BCUT2D eigenvalue weighted by atomic mass is 10.0. The lowest BCUT2D eigenvalue weighted by Gasteiger charge is -2.04. The molecule has 804 valence electrons. The first-order chi connectivity index (χ1) is 70.1. The highest BCUT2D eigenvalue weighted by Crippen LogP contribution is 2.42. The van der Waals surface area contributed by atoms with Crippen molar-refractivity contribution in [2.75, 3.05) is 0 Å². The number of pyridine rings is 10. The number of aryl methyl sites for hydroxylation is 12. The molecule has 0 saturated carbocycles. The maximum Gasteiger partial charge on any atom is 0.227 e. The molecular weight excluding hydrogens is 1840 g/mol. The monoisotopic (exact) mass is 2030 g/mol. The van der Waals surface area contributed by atoms with Crippen molar-refractivity contribution in [3.05, 3.63) is 363 Å². The molecule has 0 aliphatic carbocycles. The van der Waals surface area contributed by atoms with Crippen molar-refractivity contribution in [3.8, 4) is 67.5 Å². The number of para-hydroxylation sites is 1. The molecule has 15 aromatic heterocycles. The summed E-state index contributed by atoms with van der Waals surface area (Å²) in [5, 5.41) is 10.0. The van der Waals surface area contributed by atoms with Gasteiger partial charge in [-0.1, -0.05) is 309 Å². The second-order valence-corrected chi connectivity index (χ2v) is 30.1. The first kappa shape index (κ1) is 139.